The molecule has 1 aliphatic heterocycles. The Hall–Kier alpha value is -1.58. The summed E-state index contributed by atoms with van der Waals surface area (Å²) >= 11 is 0. The van der Waals surface area contributed by atoms with Crippen molar-refractivity contribution in [3.8, 4) is 0 Å². The number of benzene rings is 1. The van der Waals surface area contributed by atoms with E-state index in [1.807, 2.05) is 13.8 Å². The molecule has 1 aromatic rings. The normalized spacial score (nSPS) is 18.8. The molecule has 1 aliphatic rings. The fourth-order valence-electron chi connectivity index (χ4n) is 2.68. The van der Waals surface area contributed by atoms with E-state index < -0.39 is 32.6 Å². The number of piperazine rings is 1. The molecule has 2 atom stereocenters. The van der Waals surface area contributed by atoms with Crippen LogP contribution in [0.4, 0.5) is 8.78 Å². The second-order valence-corrected chi connectivity index (χ2v) is 8.12. The van der Waals surface area contributed by atoms with Gasteiger partial charge in [-0.2, -0.15) is 4.31 Å². The Morgan fingerprint density at radius 1 is 1.24 bits per heavy atom. The third-order valence-electron chi connectivity index (χ3n) is 4.60. The Bertz CT molecular complexity index is 734. The minimum Gasteiger partial charge on any atom is -0.339 e. The molecule has 0 bridgehead atoms. The van der Waals surface area contributed by atoms with E-state index in [2.05, 4.69) is 0 Å². The van der Waals surface area contributed by atoms with Crippen molar-refractivity contribution in [2.24, 2.45) is 11.7 Å². The molecule has 0 aliphatic carbocycles. The first-order valence-corrected chi connectivity index (χ1v) is 9.62. The number of carbonyl (C=O) groups excluding carboxylic acids is 1. The van der Waals surface area contributed by atoms with E-state index in [9.17, 15) is 22.0 Å². The second kappa shape index (κ2) is 7.76. The third-order valence-corrected chi connectivity index (χ3v) is 6.54. The van der Waals surface area contributed by atoms with Crippen molar-refractivity contribution in [2.45, 2.75) is 31.2 Å². The fourth-order valence-corrected chi connectivity index (χ4v) is 4.15. The van der Waals surface area contributed by atoms with Crippen molar-refractivity contribution in [2.75, 3.05) is 26.2 Å². The Balaban J connectivity index is 2.07. The molecule has 1 amide bonds. The van der Waals surface area contributed by atoms with Crippen LogP contribution < -0.4 is 5.73 Å². The Kier molecular flexibility index (Phi) is 6.12. The Morgan fingerprint density at radius 2 is 1.84 bits per heavy atom. The number of halogens is 2. The molecule has 140 valence electrons. The quantitative estimate of drug-likeness (QED) is 0.837. The van der Waals surface area contributed by atoms with Gasteiger partial charge in [-0.15, -0.1) is 0 Å². The van der Waals surface area contributed by atoms with Crippen molar-refractivity contribution < 1.29 is 22.0 Å². The summed E-state index contributed by atoms with van der Waals surface area (Å²) in [6.07, 6.45) is 0.769. The van der Waals surface area contributed by atoms with Crippen LogP contribution in [0.2, 0.25) is 0 Å². The van der Waals surface area contributed by atoms with E-state index >= 15 is 0 Å². The van der Waals surface area contributed by atoms with Crippen molar-refractivity contribution in [1.82, 2.24) is 9.21 Å². The van der Waals surface area contributed by atoms with Crippen LogP contribution in [0, 0.1) is 17.6 Å². The van der Waals surface area contributed by atoms with Crippen LogP contribution in [0.3, 0.4) is 0 Å². The largest absolute Gasteiger partial charge is 0.339 e. The van der Waals surface area contributed by atoms with Crippen molar-refractivity contribution in [1.29, 1.82) is 0 Å². The monoisotopic (exact) mass is 375 g/mol. The minimum atomic E-state index is -4.08. The van der Waals surface area contributed by atoms with Crippen LogP contribution in [-0.2, 0) is 14.8 Å². The number of rotatable bonds is 5. The van der Waals surface area contributed by atoms with Gasteiger partial charge in [-0.1, -0.05) is 20.3 Å². The zero-order valence-electron chi connectivity index (χ0n) is 14.3. The zero-order valence-corrected chi connectivity index (χ0v) is 15.1. The maximum atomic E-state index is 13.8. The number of hydrogen-bond acceptors (Lipinski definition) is 4. The van der Waals surface area contributed by atoms with Gasteiger partial charge in [-0.25, -0.2) is 17.2 Å². The average Bonchev–Trinajstić information content (AvgIpc) is 2.59. The summed E-state index contributed by atoms with van der Waals surface area (Å²) in [6, 6.07) is 1.73. The van der Waals surface area contributed by atoms with Crippen LogP contribution >= 0.6 is 0 Å². The smallest absolute Gasteiger partial charge is 0.246 e. The number of hydrogen-bond donors (Lipinski definition) is 1. The maximum absolute atomic E-state index is 13.8. The number of nitrogens with two attached hydrogens (primary N) is 1. The van der Waals surface area contributed by atoms with Crippen LogP contribution in [-0.4, -0.2) is 55.8 Å². The van der Waals surface area contributed by atoms with Crippen molar-refractivity contribution in [3.63, 3.8) is 0 Å². The minimum absolute atomic E-state index is 0.0302. The molecule has 0 saturated carbocycles. The molecule has 0 spiro atoms. The predicted molar refractivity (Wildman–Crippen MR) is 89.1 cm³/mol. The molecule has 2 rings (SSSR count). The molecule has 2 unspecified atom stereocenters. The first kappa shape index (κ1) is 19.7. The van der Waals surface area contributed by atoms with E-state index in [1.165, 1.54) is 4.90 Å². The van der Waals surface area contributed by atoms with Gasteiger partial charge in [-0.05, 0) is 18.1 Å². The van der Waals surface area contributed by atoms with Crippen LogP contribution in [0.25, 0.3) is 0 Å². The molecule has 0 aromatic heterocycles. The molecule has 1 fully saturated rings. The van der Waals surface area contributed by atoms with E-state index in [4.69, 9.17) is 5.73 Å². The number of nitrogens with zero attached hydrogens (tertiary/aromatic N) is 2. The Morgan fingerprint density at radius 3 is 2.36 bits per heavy atom. The highest BCUT2D eigenvalue weighted by Gasteiger charge is 2.33. The molecule has 6 nitrogen and oxygen atoms in total. The molecule has 9 heteroatoms. The van der Waals surface area contributed by atoms with E-state index in [1.54, 1.807) is 0 Å². The summed E-state index contributed by atoms with van der Waals surface area (Å²) in [7, 11) is -4.08. The number of sulfonamides is 1. The molecule has 2 N–H and O–H groups in total. The Labute approximate surface area is 146 Å². The van der Waals surface area contributed by atoms with Gasteiger partial charge >= 0.3 is 0 Å². The lowest BCUT2D eigenvalue weighted by Crippen LogP contribution is -2.55. The highest BCUT2D eigenvalue weighted by atomic mass is 32.2. The van der Waals surface area contributed by atoms with Gasteiger partial charge < -0.3 is 10.6 Å². The lowest BCUT2D eigenvalue weighted by atomic mass is 9.99. The highest BCUT2D eigenvalue weighted by Crippen LogP contribution is 2.22. The molecule has 0 radical (unpaired) electrons. The van der Waals surface area contributed by atoms with Gasteiger partial charge in [0.1, 0.15) is 16.5 Å². The van der Waals surface area contributed by atoms with Crippen molar-refractivity contribution in [3.05, 3.63) is 29.8 Å². The van der Waals surface area contributed by atoms with Gasteiger partial charge in [0.2, 0.25) is 15.9 Å². The average molecular weight is 375 g/mol. The van der Waals surface area contributed by atoms with Gasteiger partial charge in [0.05, 0.1) is 6.04 Å². The standard InChI is InChI=1S/C16H23F2N3O3S/c1-3-11(2)15(19)16(22)20-6-8-21(9-7-20)25(23,24)14-5-4-12(17)10-13(14)18/h4-5,10-11,15H,3,6-9,19H2,1-2H3. The predicted octanol–water partition coefficient (Wildman–Crippen LogP) is 1.17. The molecular weight excluding hydrogens is 352 g/mol. The molecular formula is C16H23F2N3O3S. The second-order valence-electron chi connectivity index (χ2n) is 6.22. The SMILES string of the molecule is CCC(C)C(N)C(=O)N1CCN(S(=O)(=O)c2ccc(F)cc2F)CC1. The molecule has 1 aromatic carbocycles. The first-order valence-electron chi connectivity index (χ1n) is 8.18. The topological polar surface area (TPSA) is 83.7 Å². The summed E-state index contributed by atoms with van der Waals surface area (Å²) in [5.74, 6) is -2.15. The highest BCUT2D eigenvalue weighted by molar-refractivity contribution is 7.89. The van der Waals surface area contributed by atoms with E-state index in [0.717, 1.165) is 22.9 Å². The fraction of sp³-hybridized carbons (Fsp3) is 0.562. The van der Waals surface area contributed by atoms with Crippen molar-refractivity contribution >= 4 is 15.9 Å². The summed E-state index contributed by atoms with van der Waals surface area (Å²) in [5.41, 5.74) is 5.94. The summed E-state index contributed by atoms with van der Waals surface area (Å²) < 4.78 is 52.9. The maximum Gasteiger partial charge on any atom is 0.246 e. The van der Waals surface area contributed by atoms with Crippen LogP contribution in [0.1, 0.15) is 20.3 Å². The molecule has 1 saturated heterocycles. The van der Waals surface area contributed by atoms with Gasteiger partial charge in [0, 0.05) is 32.2 Å². The van der Waals surface area contributed by atoms with E-state index in [-0.39, 0.29) is 38.0 Å². The summed E-state index contributed by atoms with van der Waals surface area (Å²) in [4.78, 5) is 13.3. The van der Waals surface area contributed by atoms with E-state index in [0.29, 0.717) is 6.07 Å². The van der Waals surface area contributed by atoms with Crippen LogP contribution in [0.5, 0.6) is 0 Å². The van der Waals surface area contributed by atoms with Gasteiger partial charge in [0.25, 0.3) is 0 Å². The van der Waals surface area contributed by atoms with Gasteiger partial charge in [-0.3, -0.25) is 4.79 Å². The molecule has 1 heterocycles. The number of carbonyl (C=O) groups is 1. The lowest BCUT2D eigenvalue weighted by Gasteiger charge is -2.36. The lowest BCUT2D eigenvalue weighted by molar-refractivity contribution is -0.134. The molecule has 25 heavy (non-hydrogen) atoms. The van der Waals surface area contributed by atoms with Crippen LogP contribution in [0.15, 0.2) is 23.1 Å². The summed E-state index contributed by atoms with van der Waals surface area (Å²) in [6.45, 7) is 4.28. The number of amides is 1. The summed E-state index contributed by atoms with van der Waals surface area (Å²) in [5, 5.41) is 0. The first-order chi connectivity index (χ1) is 11.7. The third kappa shape index (κ3) is 4.16. The zero-order chi connectivity index (χ0) is 18.8. The van der Waals surface area contributed by atoms with Gasteiger partial charge in [0.15, 0.2) is 0 Å².